The molecular formula is C24H25ClN4O2. The summed E-state index contributed by atoms with van der Waals surface area (Å²) in [5, 5.41) is 12.2. The van der Waals surface area contributed by atoms with Gasteiger partial charge in [-0.15, -0.1) is 10.2 Å². The van der Waals surface area contributed by atoms with Crippen LogP contribution in [0.15, 0.2) is 60.7 Å². The van der Waals surface area contributed by atoms with E-state index in [1.54, 1.807) is 24.3 Å². The Morgan fingerprint density at radius 2 is 1.90 bits per heavy atom. The summed E-state index contributed by atoms with van der Waals surface area (Å²) < 4.78 is 5.49. The van der Waals surface area contributed by atoms with Crippen molar-refractivity contribution in [3.8, 4) is 17.0 Å². The van der Waals surface area contributed by atoms with Crippen LogP contribution in [0.1, 0.15) is 19.8 Å². The fourth-order valence-corrected chi connectivity index (χ4v) is 3.72. The molecule has 0 saturated carbocycles. The minimum Gasteiger partial charge on any atom is -0.484 e. The Morgan fingerprint density at radius 3 is 2.65 bits per heavy atom. The standard InChI is InChI=1S/C24H25ClN4O2/c1-17-10-12-29(13-11-17)23-9-8-22(27-28-23)18-4-2-6-20(14-18)26-24(30)16-31-21-7-3-5-19(25)15-21/h2-9,14-15,17H,10-13,16H2,1H3,(H,26,30). The molecule has 1 N–H and O–H groups in total. The Labute approximate surface area is 187 Å². The van der Waals surface area contributed by atoms with Gasteiger partial charge in [-0.3, -0.25) is 4.79 Å². The lowest BCUT2D eigenvalue weighted by Crippen LogP contribution is -2.33. The van der Waals surface area contributed by atoms with Gasteiger partial charge < -0.3 is 15.0 Å². The number of hydrogen-bond donors (Lipinski definition) is 1. The van der Waals surface area contributed by atoms with Crippen LogP contribution in [0.2, 0.25) is 5.02 Å². The number of nitrogens with one attached hydrogen (secondary N) is 1. The molecule has 1 aliphatic rings. The van der Waals surface area contributed by atoms with E-state index in [0.717, 1.165) is 36.1 Å². The summed E-state index contributed by atoms with van der Waals surface area (Å²) in [4.78, 5) is 14.5. The number of carbonyl (C=O) groups is 1. The van der Waals surface area contributed by atoms with Crippen LogP contribution >= 0.6 is 11.6 Å². The summed E-state index contributed by atoms with van der Waals surface area (Å²) in [7, 11) is 0. The van der Waals surface area contributed by atoms with E-state index in [2.05, 4.69) is 27.3 Å². The van der Waals surface area contributed by atoms with Gasteiger partial charge in [-0.1, -0.05) is 36.7 Å². The third kappa shape index (κ3) is 5.73. The number of halogens is 1. The largest absolute Gasteiger partial charge is 0.484 e. The third-order valence-corrected chi connectivity index (χ3v) is 5.60. The molecule has 4 rings (SSSR count). The van der Waals surface area contributed by atoms with Gasteiger partial charge in [0.05, 0.1) is 5.69 Å². The van der Waals surface area contributed by atoms with Gasteiger partial charge in [0.25, 0.3) is 5.91 Å². The number of rotatable bonds is 6. The van der Waals surface area contributed by atoms with Crippen LogP contribution in [0, 0.1) is 5.92 Å². The molecule has 160 valence electrons. The molecule has 1 fully saturated rings. The third-order valence-electron chi connectivity index (χ3n) is 5.37. The Bertz CT molecular complexity index is 1030. The Kier molecular flexibility index (Phi) is 6.67. The van der Waals surface area contributed by atoms with E-state index in [0.29, 0.717) is 16.5 Å². The fourth-order valence-electron chi connectivity index (χ4n) is 3.54. The highest BCUT2D eigenvalue weighted by Gasteiger charge is 2.17. The summed E-state index contributed by atoms with van der Waals surface area (Å²) in [6, 6.07) is 18.5. The maximum atomic E-state index is 12.3. The predicted molar refractivity (Wildman–Crippen MR) is 124 cm³/mol. The first-order chi connectivity index (χ1) is 15.1. The normalized spacial score (nSPS) is 14.3. The van der Waals surface area contributed by atoms with Crippen molar-refractivity contribution in [2.45, 2.75) is 19.8 Å². The van der Waals surface area contributed by atoms with E-state index in [4.69, 9.17) is 16.3 Å². The molecule has 7 heteroatoms. The summed E-state index contributed by atoms with van der Waals surface area (Å²) in [6.45, 7) is 4.23. The lowest BCUT2D eigenvalue weighted by molar-refractivity contribution is -0.118. The quantitative estimate of drug-likeness (QED) is 0.585. The molecule has 1 amide bonds. The minimum absolute atomic E-state index is 0.104. The van der Waals surface area contributed by atoms with Gasteiger partial charge >= 0.3 is 0 Å². The van der Waals surface area contributed by atoms with E-state index in [9.17, 15) is 4.79 Å². The van der Waals surface area contributed by atoms with Gasteiger partial charge in [0.1, 0.15) is 5.75 Å². The van der Waals surface area contributed by atoms with Gasteiger partial charge in [-0.2, -0.15) is 0 Å². The maximum absolute atomic E-state index is 12.3. The van der Waals surface area contributed by atoms with Crippen molar-refractivity contribution in [1.82, 2.24) is 10.2 Å². The van der Waals surface area contributed by atoms with Crippen LogP contribution in [0.25, 0.3) is 11.3 Å². The number of carbonyl (C=O) groups excluding carboxylic acids is 1. The molecule has 2 heterocycles. The number of ether oxygens (including phenoxy) is 1. The summed E-state index contributed by atoms with van der Waals surface area (Å²) >= 11 is 5.93. The van der Waals surface area contributed by atoms with Crippen LogP contribution in [0.3, 0.4) is 0 Å². The molecule has 1 aliphatic heterocycles. The molecule has 0 unspecified atom stereocenters. The van der Waals surface area contributed by atoms with Gasteiger partial charge in [0, 0.05) is 29.4 Å². The van der Waals surface area contributed by atoms with E-state index in [1.807, 2.05) is 36.4 Å². The Hall–Kier alpha value is -3.12. The highest BCUT2D eigenvalue weighted by Crippen LogP contribution is 2.24. The molecule has 2 aromatic carbocycles. The highest BCUT2D eigenvalue weighted by atomic mass is 35.5. The molecule has 0 radical (unpaired) electrons. The molecular weight excluding hydrogens is 412 g/mol. The van der Waals surface area contributed by atoms with Crippen molar-refractivity contribution in [1.29, 1.82) is 0 Å². The summed E-state index contributed by atoms with van der Waals surface area (Å²) in [6.07, 6.45) is 2.37. The monoisotopic (exact) mass is 436 g/mol. The van der Waals surface area contributed by atoms with Crippen LogP contribution in [0.4, 0.5) is 11.5 Å². The average molecular weight is 437 g/mol. The first kappa shape index (κ1) is 21.1. The second-order valence-corrected chi connectivity index (χ2v) is 8.26. The second-order valence-electron chi connectivity index (χ2n) is 7.82. The zero-order chi connectivity index (χ0) is 21.6. The highest BCUT2D eigenvalue weighted by molar-refractivity contribution is 6.30. The van der Waals surface area contributed by atoms with Gasteiger partial charge in [0.15, 0.2) is 12.4 Å². The van der Waals surface area contributed by atoms with Gasteiger partial charge in [-0.05, 0) is 61.2 Å². The topological polar surface area (TPSA) is 67.4 Å². The smallest absolute Gasteiger partial charge is 0.262 e. The van der Waals surface area contributed by atoms with Crippen molar-refractivity contribution >= 4 is 29.0 Å². The number of hydrogen-bond acceptors (Lipinski definition) is 5. The van der Waals surface area contributed by atoms with E-state index >= 15 is 0 Å². The van der Waals surface area contributed by atoms with Gasteiger partial charge in [-0.25, -0.2) is 0 Å². The fraction of sp³-hybridized carbons (Fsp3) is 0.292. The molecule has 0 aliphatic carbocycles. The summed E-state index contributed by atoms with van der Waals surface area (Å²) in [5.41, 5.74) is 2.33. The van der Waals surface area contributed by atoms with Crippen LogP contribution in [-0.4, -0.2) is 35.8 Å². The number of benzene rings is 2. The van der Waals surface area contributed by atoms with Crippen molar-refractivity contribution in [3.05, 3.63) is 65.7 Å². The molecule has 31 heavy (non-hydrogen) atoms. The van der Waals surface area contributed by atoms with E-state index in [1.165, 1.54) is 12.8 Å². The molecule has 0 spiro atoms. The zero-order valence-electron chi connectivity index (χ0n) is 17.4. The maximum Gasteiger partial charge on any atom is 0.262 e. The van der Waals surface area contributed by atoms with Crippen molar-refractivity contribution in [3.63, 3.8) is 0 Å². The molecule has 1 saturated heterocycles. The molecule has 6 nitrogen and oxygen atoms in total. The predicted octanol–water partition coefficient (Wildman–Crippen LogP) is 5.05. The molecule has 0 atom stereocenters. The molecule has 0 bridgehead atoms. The SMILES string of the molecule is CC1CCN(c2ccc(-c3cccc(NC(=O)COc4cccc(Cl)c4)c3)nn2)CC1. The van der Waals surface area contributed by atoms with E-state index < -0.39 is 0 Å². The van der Waals surface area contributed by atoms with Crippen molar-refractivity contribution in [2.24, 2.45) is 5.92 Å². The van der Waals surface area contributed by atoms with Crippen LogP contribution in [-0.2, 0) is 4.79 Å². The number of nitrogens with zero attached hydrogens (tertiary/aromatic N) is 3. The lowest BCUT2D eigenvalue weighted by atomic mass is 9.99. The number of anilines is 2. The second kappa shape index (κ2) is 9.79. The minimum atomic E-state index is -0.252. The Morgan fingerprint density at radius 1 is 1.10 bits per heavy atom. The van der Waals surface area contributed by atoms with Crippen LogP contribution < -0.4 is 15.0 Å². The molecule has 3 aromatic rings. The molecule has 1 aromatic heterocycles. The number of amides is 1. The van der Waals surface area contributed by atoms with Crippen LogP contribution in [0.5, 0.6) is 5.75 Å². The zero-order valence-corrected chi connectivity index (χ0v) is 18.2. The Balaban J connectivity index is 1.37. The van der Waals surface area contributed by atoms with E-state index in [-0.39, 0.29) is 12.5 Å². The van der Waals surface area contributed by atoms with Gasteiger partial charge in [0.2, 0.25) is 0 Å². The van der Waals surface area contributed by atoms with Crippen molar-refractivity contribution < 1.29 is 9.53 Å². The summed E-state index contributed by atoms with van der Waals surface area (Å²) in [5.74, 6) is 1.99. The first-order valence-electron chi connectivity index (χ1n) is 10.4. The average Bonchev–Trinajstić information content (AvgIpc) is 2.79. The number of piperidine rings is 1. The lowest BCUT2D eigenvalue weighted by Gasteiger charge is -2.30. The van der Waals surface area contributed by atoms with Crippen molar-refractivity contribution in [2.75, 3.05) is 29.9 Å². The first-order valence-corrected chi connectivity index (χ1v) is 10.8. The number of aromatic nitrogens is 2.